The van der Waals surface area contributed by atoms with Crippen LogP contribution in [0.4, 0.5) is 0 Å². The molecule has 0 fully saturated rings. The van der Waals surface area contributed by atoms with Gasteiger partial charge < -0.3 is 0 Å². The zero-order valence-corrected chi connectivity index (χ0v) is 21.7. The van der Waals surface area contributed by atoms with Crippen LogP contribution in [0.3, 0.4) is 0 Å². The molecule has 0 saturated carbocycles. The summed E-state index contributed by atoms with van der Waals surface area (Å²) in [5.41, 5.74) is -0.177. The largest absolute Gasteiger partial charge is 0.289 e. The Bertz CT molecular complexity index is 2700. The molecule has 0 unspecified atom stereocenters. The summed E-state index contributed by atoms with van der Waals surface area (Å²) >= 11 is 0. The predicted molar refractivity (Wildman–Crippen MR) is 175 cm³/mol. The second kappa shape index (κ2) is 6.44. The third-order valence-corrected chi connectivity index (χ3v) is 9.26. The second-order valence-electron chi connectivity index (χ2n) is 11.3. The number of benzene rings is 8. The van der Waals surface area contributed by atoms with Gasteiger partial charge in [-0.15, -0.1) is 0 Å². The molecule has 9 aromatic rings. The minimum absolute atomic E-state index is 0.0884. The van der Waals surface area contributed by atoms with Crippen LogP contribution < -0.4 is 42.2 Å². The minimum Gasteiger partial charge on any atom is -0.289 e. The Kier molecular flexibility index (Phi) is 3.47. The number of rotatable bonds is 0. The molecule has 0 heterocycles. The van der Waals surface area contributed by atoms with Crippen molar-refractivity contribution in [2.45, 2.75) is 0 Å². The van der Waals surface area contributed by atoms with E-state index in [1.54, 1.807) is 0 Å². The molecule has 0 spiro atoms. The van der Waals surface area contributed by atoms with E-state index < -0.39 is 0 Å². The van der Waals surface area contributed by atoms with Crippen LogP contribution in [0.25, 0.3) is 126 Å². The highest BCUT2D eigenvalue weighted by Gasteiger charge is 2.23. The van der Waals surface area contributed by atoms with E-state index >= 15 is 0 Å². The van der Waals surface area contributed by atoms with Gasteiger partial charge in [-0.05, 0) is 77.1 Å². The van der Waals surface area contributed by atoms with Crippen molar-refractivity contribution in [2.75, 3.05) is 0 Å². The van der Waals surface area contributed by atoms with Crippen molar-refractivity contribution in [3.63, 3.8) is 0 Å². The molecule has 0 saturated heterocycles. The molecule has 0 radical (unpaired) electrons. The molecule has 0 N–H and O–H groups in total. The van der Waals surface area contributed by atoms with Gasteiger partial charge in [0.2, 0.25) is 0 Å². The Morgan fingerprint density at radius 2 is 0.550 bits per heavy atom. The molecule has 4 bridgehead atoms. The highest BCUT2D eigenvalue weighted by molar-refractivity contribution is 6.35. The monoisotopic (exact) mass is 508 g/mol. The first-order valence-electron chi connectivity index (χ1n) is 13.2. The molecular formula is C38H20O2. The minimum atomic E-state index is -0.0884. The normalized spacial score (nSPS) is 12.8. The molecule has 40 heavy (non-hydrogen) atoms. The average molecular weight is 509 g/mol. The van der Waals surface area contributed by atoms with Crippen LogP contribution in [0, 0.1) is 0 Å². The molecule has 2 heteroatoms. The standard InChI is InChI=1S/C38H20O2/c1-15-11-21-7-8-22-13-17(3)27-20(6)28-18(4)14-24-10-9-23-12-16(2)26-19(5)25(15)33-29(21)30(22)35(27)38(40)36(28)32(24)31(23)34(26)37(33)39/h7-14H,1-6H2. The average Bonchev–Trinajstić information content (AvgIpc) is 2.91. The summed E-state index contributed by atoms with van der Waals surface area (Å²) in [6, 6.07) is 16.0. The first-order chi connectivity index (χ1) is 19.2. The fraction of sp³-hybridized carbons (Fsp3) is 0. The van der Waals surface area contributed by atoms with Crippen LogP contribution in [0.5, 0.6) is 0 Å². The highest BCUT2D eigenvalue weighted by atomic mass is 16.1. The maximum absolute atomic E-state index is 15.0. The van der Waals surface area contributed by atoms with Gasteiger partial charge in [-0.1, -0.05) is 63.7 Å². The van der Waals surface area contributed by atoms with Crippen molar-refractivity contribution < 1.29 is 0 Å². The van der Waals surface area contributed by atoms with E-state index in [1.165, 1.54) is 0 Å². The lowest BCUT2D eigenvalue weighted by Gasteiger charge is -2.18. The third-order valence-electron chi connectivity index (χ3n) is 9.26. The SMILES string of the molecule is C=c1cc2ccc3cc(=C)c4c(=C)c5c(=C)cc6ccc7cc(=C)c8c(=C)c1c1c(=O)c8c7c6c5c(=O)c4c3c21. The lowest BCUT2D eigenvalue weighted by molar-refractivity contribution is 1.65. The molecule has 0 aliphatic rings. The number of hydrogen-bond acceptors (Lipinski definition) is 2. The molecule has 9 rings (SSSR count). The number of hydrogen-bond donors (Lipinski definition) is 0. The zero-order chi connectivity index (χ0) is 27.5. The Labute approximate surface area is 225 Å². The third kappa shape index (κ3) is 2.11. The van der Waals surface area contributed by atoms with Crippen molar-refractivity contribution in [3.8, 4) is 0 Å². The van der Waals surface area contributed by atoms with Gasteiger partial charge in [0.15, 0.2) is 10.9 Å². The van der Waals surface area contributed by atoms with Gasteiger partial charge in [-0.25, -0.2) is 0 Å². The fourth-order valence-electron chi connectivity index (χ4n) is 7.80. The lowest BCUT2D eigenvalue weighted by Crippen LogP contribution is -2.26. The molecule has 2 nitrogen and oxygen atoms in total. The molecule has 0 aromatic heterocycles. The predicted octanol–water partition coefficient (Wildman–Crippen LogP) is 3.85. The summed E-state index contributed by atoms with van der Waals surface area (Å²) in [6.45, 7) is 26.4. The van der Waals surface area contributed by atoms with Gasteiger partial charge in [0.05, 0.1) is 0 Å². The van der Waals surface area contributed by atoms with Crippen molar-refractivity contribution in [1.82, 2.24) is 0 Å². The van der Waals surface area contributed by atoms with Crippen molar-refractivity contribution >= 4 is 126 Å². The molecule has 0 atom stereocenters. The maximum atomic E-state index is 15.0. The van der Waals surface area contributed by atoms with E-state index in [0.717, 1.165) is 95.9 Å². The summed E-state index contributed by atoms with van der Waals surface area (Å²) in [5.74, 6) is 0. The van der Waals surface area contributed by atoms with Crippen molar-refractivity contribution in [1.29, 1.82) is 0 Å². The summed E-state index contributed by atoms with van der Waals surface area (Å²) in [7, 11) is 0. The lowest BCUT2D eigenvalue weighted by atomic mass is 9.83. The molecule has 0 amide bonds. The van der Waals surface area contributed by atoms with E-state index in [2.05, 4.69) is 39.5 Å². The first-order valence-corrected chi connectivity index (χ1v) is 13.2. The Morgan fingerprint density at radius 3 is 0.775 bits per heavy atom. The van der Waals surface area contributed by atoms with E-state index in [0.29, 0.717) is 21.5 Å². The summed E-state index contributed by atoms with van der Waals surface area (Å²) < 4.78 is 0. The summed E-state index contributed by atoms with van der Waals surface area (Å²) in [5, 5.41) is 15.9. The van der Waals surface area contributed by atoms with Crippen LogP contribution in [-0.2, 0) is 0 Å². The smallest absolute Gasteiger partial charge is 0.195 e. The van der Waals surface area contributed by atoms with Gasteiger partial charge in [-0.3, -0.25) is 9.59 Å². The van der Waals surface area contributed by atoms with Crippen LogP contribution in [0.1, 0.15) is 0 Å². The van der Waals surface area contributed by atoms with Gasteiger partial charge in [-0.2, -0.15) is 0 Å². The molecule has 0 aliphatic heterocycles. The van der Waals surface area contributed by atoms with E-state index in [-0.39, 0.29) is 10.9 Å². The van der Waals surface area contributed by atoms with Gasteiger partial charge in [0.1, 0.15) is 0 Å². The van der Waals surface area contributed by atoms with E-state index in [9.17, 15) is 9.59 Å². The van der Waals surface area contributed by atoms with Crippen molar-refractivity contribution in [2.24, 2.45) is 0 Å². The van der Waals surface area contributed by atoms with Crippen LogP contribution >= 0.6 is 0 Å². The quantitative estimate of drug-likeness (QED) is 0.230. The Balaban J connectivity index is 1.98. The molecule has 184 valence electrons. The summed E-state index contributed by atoms with van der Waals surface area (Å²) in [6.07, 6.45) is 0. The molecule has 9 aromatic carbocycles. The van der Waals surface area contributed by atoms with Gasteiger partial charge >= 0.3 is 0 Å². The summed E-state index contributed by atoms with van der Waals surface area (Å²) in [4.78, 5) is 29.9. The van der Waals surface area contributed by atoms with Crippen LogP contribution in [0.2, 0.25) is 0 Å². The van der Waals surface area contributed by atoms with Crippen molar-refractivity contribution in [3.05, 3.63) is 100 Å². The Morgan fingerprint density at radius 1 is 0.325 bits per heavy atom. The van der Waals surface area contributed by atoms with E-state index in [4.69, 9.17) is 0 Å². The van der Waals surface area contributed by atoms with Gasteiger partial charge in [0.25, 0.3) is 0 Å². The highest BCUT2D eigenvalue weighted by Crippen LogP contribution is 2.37. The van der Waals surface area contributed by atoms with Gasteiger partial charge in [0, 0.05) is 64.6 Å². The Hall–Kier alpha value is -5.34. The van der Waals surface area contributed by atoms with Crippen LogP contribution in [-0.4, -0.2) is 0 Å². The van der Waals surface area contributed by atoms with E-state index in [1.807, 2.05) is 48.5 Å². The fourth-order valence-corrected chi connectivity index (χ4v) is 7.80. The second-order valence-corrected chi connectivity index (χ2v) is 11.3. The maximum Gasteiger partial charge on any atom is 0.195 e. The first kappa shape index (κ1) is 21.6. The van der Waals surface area contributed by atoms with Crippen LogP contribution in [0.15, 0.2) is 58.1 Å². The topological polar surface area (TPSA) is 34.1 Å². The molecular weight excluding hydrogens is 488 g/mol. The molecule has 0 aliphatic carbocycles. The zero-order valence-electron chi connectivity index (χ0n) is 21.7.